The Bertz CT molecular complexity index is 605. The molecule has 0 amide bonds. The van der Waals surface area contributed by atoms with E-state index in [2.05, 4.69) is 5.10 Å². The van der Waals surface area contributed by atoms with E-state index in [-0.39, 0.29) is 18.8 Å². The fourth-order valence-corrected chi connectivity index (χ4v) is 1.63. The number of ether oxygens (including phenoxy) is 1. The summed E-state index contributed by atoms with van der Waals surface area (Å²) in [6.07, 6.45) is 1.55. The van der Waals surface area contributed by atoms with E-state index in [1.54, 1.807) is 19.2 Å². The summed E-state index contributed by atoms with van der Waals surface area (Å²) in [7, 11) is 0. The van der Waals surface area contributed by atoms with Crippen molar-refractivity contribution in [3.05, 3.63) is 34.5 Å². The molecule has 0 N–H and O–H groups in total. The maximum absolute atomic E-state index is 11.4. The summed E-state index contributed by atoms with van der Waals surface area (Å²) in [6.45, 7) is 1.95. The molecule has 7 heteroatoms. The van der Waals surface area contributed by atoms with Crippen LogP contribution in [-0.4, -0.2) is 27.3 Å². The molecule has 1 aromatic carbocycles. The van der Waals surface area contributed by atoms with Gasteiger partial charge in [0.1, 0.15) is 6.54 Å². The van der Waals surface area contributed by atoms with Crippen LogP contribution in [0.2, 0.25) is 0 Å². The summed E-state index contributed by atoms with van der Waals surface area (Å²) in [5.74, 6) is -0.422. The van der Waals surface area contributed by atoms with Crippen LogP contribution in [0.15, 0.2) is 24.4 Å². The number of non-ortho nitro benzene ring substituents is 1. The minimum atomic E-state index is -0.485. The number of carbonyl (C=O) groups excluding carboxylic acids is 1. The van der Waals surface area contributed by atoms with Crippen molar-refractivity contribution >= 4 is 22.6 Å². The van der Waals surface area contributed by atoms with Gasteiger partial charge in [0.2, 0.25) is 0 Å². The number of benzene rings is 1. The molecular formula is C11H11N3O4. The number of nitro groups is 1. The molecule has 0 aliphatic heterocycles. The van der Waals surface area contributed by atoms with Crippen molar-refractivity contribution in [2.24, 2.45) is 0 Å². The molecule has 0 fully saturated rings. The minimum Gasteiger partial charge on any atom is -0.465 e. The molecule has 1 heterocycles. The van der Waals surface area contributed by atoms with Crippen LogP contribution in [0.4, 0.5) is 5.69 Å². The second-order valence-corrected chi connectivity index (χ2v) is 3.61. The minimum absolute atomic E-state index is 0.0342. The van der Waals surface area contributed by atoms with Crippen LogP contribution in [-0.2, 0) is 16.1 Å². The molecule has 1 aromatic heterocycles. The lowest BCUT2D eigenvalue weighted by Gasteiger charge is -2.03. The van der Waals surface area contributed by atoms with Crippen molar-refractivity contribution in [3.8, 4) is 0 Å². The first kappa shape index (κ1) is 12.0. The summed E-state index contributed by atoms with van der Waals surface area (Å²) in [5, 5.41) is 15.4. The Hall–Kier alpha value is -2.44. The number of esters is 1. The highest BCUT2D eigenvalue weighted by Crippen LogP contribution is 2.20. The molecule has 0 radical (unpaired) electrons. The van der Waals surface area contributed by atoms with Gasteiger partial charge in [-0.15, -0.1) is 0 Å². The SMILES string of the molecule is CCOC(=O)Cn1ncc2ccc([N+](=O)[O-])cc21. The normalized spacial score (nSPS) is 10.5. The van der Waals surface area contributed by atoms with E-state index in [1.165, 1.54) is 16.8 Å². The topological polar surface area (TPSA) is 87.3 Å². The summed E-state index contributed by atoms with van der Waals surface area (Å²) in [5.41, 5.74) is 0.505. The van der Waals surface area contributed by atoms with Gasteiger partial charge in [-0.3, -0.25) is 19.6 Å². The number of aromatic nitrogens is 2. The van der Waals surface area contributed by atoms with E-state index in [0.29, 0.717) is 5.52 Å². The van der Waals surface area contributed by atoms with Gasteiger partial charge in [0.05, 0.1) is 23.2 Å². The second kappa shape index (κ2) is 4.82. The van der Waals surface area contributed by atoms with E-state index >= 15 is 0 Å². The van der Waals surface area contributed by atoms with Crippen LogP contribution in [0, 0.1) is 10.1 Å². The molecule has 0 bridgehead atoms. The second-order valence-electron chi connectivity index (χ2n) is 3.61. The lowest BCUT2D eigenvalue weighted by atomic mass is 10.2. The predicted octanol–water partition coefficient (Wildman–Crippen LogP) is 1.51. The van der Waals surface area contributed by atoms with Gasteiger partial charge >= 0.3 is 5.97 Å². The zero-order valence-electron chi connectivity index (χ0n) is 9.70. The third kappa shape index (κ3) is 2.29. The molecule has 0 saturated carbocycles. The standard InChI is InChI=1S/C11H11N3O4/c1-2-18-11(15)7-13-10-5-9(14(16)17)4-3-8(10)6-12-13/h3-6H,2,7H2,1H3. The number of carbonyl (C=O) groups is 1. The van der Waals surface area contributed by atoms with Crippen LogP contribution >= 0.6 is 0 Å². The first-order chi connectivity index (χ1) is 8.61. The lowest BCUT2D eigenvalue weighted by molar-refractivity contribution is -0.384. The van der Waals surface area contributed by atoms with Gasteiger partial charge in [-0.05, 0) is 13.0 Å². The Morgan fingerprint density at radius 3 is 3.00 bits per heavy atom. The molecule has 0 aliphatic carbocycles. The van der Waals surface area contributed by atoms with Crippen molar-refractivity contribution < 1.29 is 14.5 Å². The Morgan fingerprint density at radius 1 is 1.56 bits per heavy atom. The van der Waals surface area contributed by atoms with Crippen LogP contribution in [0.25, 0.3) is 10.9 Å². The van der Waals surface area contributed by atoms with Crippen LogP contribution in [0.3, 0.4) is 0 Å². The molecule has 2 aromatic rings. The van der Waals surface area contributed by atoms with E-state index in [0.717, 1.165) is 5.39 Å². The largest absolute Gasteiger partial charge is 0.465 e. The van der Waals surface area contributed by atoms with Gasteiger partial charge in [-0.25, -0.2) is 0 Å². The molecule has 2 rings (SSSR count). The summed E-state index contributed by atoms with van der Waals surface area (Å²) in [4.78, 5) is 21.6. The third-order valence-electron chi connectivity index (χ3n) is 2.42. The highest BCUT2D eigenvalue weighted by atomic mass is 16.6. The fourth-order valence-electron chi connectivity index (χ4n) is 1.63. The first-order valence-electron chi connectivity index (χ1n) is 5.37. The van der Waals surface area contributed by atoms with Gasteiger partial charge < -0.3 is 4.74 Å². The zero-order valence-corrected chi connectivity index (χ0v) is 9.70. The van der Waals surface area contributed by atoms with Gasteiger partial charge in [0, 0.05) is 17.5 Å². The monoisotopic (exact) mass is 249 g/mol. The highest BCUT2D eigenvalue weighted by Gasteiger charge is 2.12. The molecule has 0 saturated heterocycles. The molecule has 0 aliphatic rings. The number of hydrogen-bond donors (Lipinski definition) is 0. The molecule has 0 atom stereocenters. The van der Waals surface area contributed by atoms with Gasteiger partial charge in [-0.2, -0.15) is 5.10 Å². The van der Waals surface area contributed by atoms with E-state index in [4.69, 9.17) is 4.74 Å². The van der Waals surface area contributed by atoms with Crippen molar-refractivity contribution in [2.75, 3.05) is 6.61 Å². The molecule has 18 heavy (non-hydrogen) atoms. The lowest BCUT2D eigenvalue weighted by Crippen LogP contribution is -2.14. The van der Waals surface area contributed by atoms with E-state index in [1.807, 2.05) is 0 Å². The van der Waals surface area contributed by atoms with Gasteiger partial charge in [0.25, 0.3) is 5.69 Å². The molecule has 0 spiro atoms. The van der Waals surface area contributed by atoms with Crippen LogP contribution in [0.1, 0.15) is 6.92 Å². The average Bonchev–Trinajstić information content (AvgIpc) is 2.72. The Kier molecular flexibility index (Phi) is 3.22. The van der Waals surface area contributed by atoms with Crippen molar-refractivity contribution in [1.82, 2.24) is 9.78 Å². The number of rotatable bonds is 4. The smallest absolute Gasteiger partial charge is 0.327 e. The number of fused-ring (bicyclic) bond motifs is 1. The highest BCUT2D eigenvalue weighted by molar-refractivity contribution is 5.82. The fraction of sp³-hybridized carbons (Fsp3) is 0.273. The number of nitro benzene ring substituents is 1. The Morgan fingerprint density at radius 2 is 2.33 bits per heavy atom. The zero-order chi connectivity index (χ0) is 13.1. The van der Waals surface area contributed by atoms with Crippen molar-refractivity contribution in [3.63, 3.8) is 0 Å². The van der Waals surface area contributed by atoms with E-state index < -0.39 is 10.9 Å². The Labute approximate surface area is 102 Å². The van der Waals surface area contributed by atoms with Crippen molar-refractivity contribution in [1.29, 1.82) is 0 Å². The Balaban J connectivity index is 2.36. The first-order valence-corrected chi connectivity index (χ1v) is 5.37. The van der Waals surface area contributed by atoms with Crippen LogP contribution < -0.4 is 0 Å². The molecule has 94 valence electrons. The predicted molar refractivity (Wildman–Crippen MR) is 63.0 cm³/mol. The molecule has 7 nitrogen and oxygen atoms in total. The summed E-state index contributed by atoms with van der Waals surface area (Å²) >= 11 is 0. The quantitative estimate of drug-likeness (QED) is 0.465. The average molecular weight is 249 g/mol. The molecular weight excluding hydrogens is 238 g/mol. The number of hydrogen-bond acceptors (Lipinski definition) is 5. The number of nitrogens with zero attached hydrogens (tertiary/aromatic N) is 3. The van der Waals surface area contributed by atoms with Gasteiger partial charge in [-0.1, -0.05) is 0 Å². The van der Waals surface area contributed by atoms with Gasteiger partial charge in [0.15, 0.2) is 0 Å². The maximum Gasteiger partial charge on any atom is 0.327 e. The van der Waals surface area contributed by atoms with E-state index in [9.17, 15) is 14.9 Å². The third-order valence-corrected chi connectivity index (χ3v) is 2.42. The van der Waals surface area contributed by atoms with Crippen molar-refractivity contribution in [2.45, 2.75) is 13.5 Å². The summed E-state index contributed by atoms with van der Waals surface area (Å²) < 4.78 is 6.20. The van der Waals surface area contributed by atoms with Crippen LogP contribution in [0.5, 0.6) is 0 Å². The summed E-state index contributed by atoms with van der Waals surface area (Å²) in [6, 6.07) is 4.39. The molecule has 0 unspecified atom stereocenters. The maximum atomic E-state index is 11.4.